The van der Waals surface area contributed by atoms with Gasteiger partial charge in [-0.05, 0) is 42.8 Å². The summed E-state index contributed by atoms with van der Waals surface area (Å²) in [6, 6.07) is 11.6. The van der Waals surface area contributed by atoms with Crippen LogP contribution in [0.25, 0.3) is 11.0 Å². The van der Waals surface area contributed by atoms with Crippen LogP contribution in [0.15, 0.2) is 58.0 Å². The molecule has 0 unspecified atom stereocenters. The zero-order chi connectivity index (χ0) is 20.1. The Balaban J connectivity index is 1.49. The molecule has 0 saturated heterocycles. The molecule has 0 radical (unpaired) electrons. The van der Waals surface area contributed by atoms with Crippen molar-refractivity contribution in [3.8, 4) is 0 Å². The number of halogens is 2. The molecule has 146 valence electrons. The highest BCUT2D eigenvalue weighted by atomic mass is 32.2. The first-order valence-electron chi connectivity index (χ1n) is 8.38. The second-order valence-electron chi connectivity index (χ2n) is 6.05. The van der Waals surface area contributed by atoms with Gasteiger partial charge in [0, 0.05) is 21.5 Å². The van der Waals surface area contributed by atoms with Crippen molar-refractivity contribution >= 4 is 40.3 Å². The number of nitrogens with one attached hydrogen (secondary N) is 1. The number of alkyl halides is 2. The largest absolute Gasteiger partial charge is 0.464 e. The summed E-state index contributed by atoms with van der Waals surface area (Å²) >= 11 is 0.420. The number of fused-ring (bicyclic) bond motifs is 1. The van der Waals surface area contributed by atoms with E-state index >= 15 is 0 Å². The molecule has 1 heterocycles. The van der Waals surface area contributed by atoms with Crippen molar-refractivity contribution in [3.63, 3.8) is 0 Å². The number of carbonyl (C=O) groups is 2. The van der Waals surface area contributed by atoms with Crippen LogP contribution in [0.1, 0.15) is 11.1 Å². The van der Waals surface area contributed by atoms with Gasteiger partial charge in [-0.2, -0.15) is 8.78 Å². The van der Waals surface area contributed by atoms with Crippen LogP contribution in [0.2, 0.25) is 0 Å². The maximum atomic E-state index is 12.3. The lowest BCUT2D eigenvalue weighted by Gasteiger charge is -2.07. The van der Waals surface area contributed by atoms with Crippen LogP contribution in [0.4, 0.5) is 14.5 Å². The van der Waals surface area contributed by atoms with Crippen LogP contribution in [0, 0.1) is 6.92 Å². The van der Waals surface area contributed by atoms with E-state index in [4.69, 9.17) is 9.15 Å². The number of carbonyl (C=O) groups excluding carboxylic acids is 2. The number of aryl methyl sites for hydroxylation is 1. The normalized spacial score (nSPS) is 11.0. The van der Waals surface area contributed by atoms with Crippen LogP contribution < -0.4 is 5.32 Å². The molecule has 1 aromatic heterocycles. The number of ether oxygens (including phenoxy) is 1. The molecule has 0 spiro atoms. The second kappa shape index (κ2) is 8.88. The Morgan fingerprint density at radius 3 is 2.64 bits per heavy atom. The number of hydrogen-bond acceptors (Lipinski definition) is 5. The Morgan fingerprint density at radius 1 is 1.18 bits per heavy atom. The Hall–Kier alpha value is -2.87. The van der Waals surface area contributed by atoms with Gasteiger partial charge in [0.25, 0.3) is 11.7 Å². The monoisotopic (exact) mass is 405 g/mol. The van der Waals surface area contributed by atoms with E-state index in [1.54, 1.807) is 0 Å². The molecule has 5 nitrogen and oxygen atoms in total. The third-order valence-electron chi connectivity index (χ3n) is 3.87. The van der Waals surface area contributed by atoms with Gasteiger partial charge in [0.15, 0.2) is 6.61 Å². The average Bonchev–Trinajstić information content (AvgIpc) is 3.03. The molecule has 0 aliphatic carbocycles. The van der Waals surface area contributed by atoms with Crippen molar-refractivity contribution in [2.75, 3.05) is 11.9 Å². The summed E-state index contributed by atoms with van der Waals surface area (Å²) in [7, 11) is 0. The number of esters is 1. The van der Waals surface area contributed by atoms with Gasteiger partial charge >= 0.3 is 5.97 Å². The van der Waals surface area contributed by atoms with Gasteiger partial charge in [0.1, 0.15) is 5.58 Å². The third-order valence-corrected chi connectivity index (χ3v) is 4.60. The lowest BCUT2D eigenvalue weighted by molar-refractivity contribution is -0.146. The van der Waals surface area contributed by atoms with E-state index < -0.39 is 24.2 Å². The van der Waals surface area contributed by atoms with Crippen LogP contribution in [-0.2, 0) is 20.7 Å². The first kappa shape index (κ1) is 19.9. The maximum Gasteiger partial charge on any atom is 0.310 e. The minimum atomic E-state index is -2.50. The van der Waals surface area contributed by atoms with Gasteiger partial charge in [-0.15, -0.1) is 0 Å². The van der Waals surface area contributed by atoms with Crippen molar-refractivity contribution in [2.45, 2.75) is 24.0 Å². The van der Waals surface area contributed by atoms with E-state index in [1.807, 2.05) is 25.1 Å². The zero-order valence-corrected chi connectivity index (χ0v) is 15.7. The first-order chi connectivity index (χ1) is 13.4. The SMILES string of the molecule is Cc1ccc2c(CC(=O)OCC(=O)Nc3ccc(SC(F)F)cc3)coc2c1. The van der Waals surface area contributed by atoms with Crippen molar-refractivity contribution in [1.82, 2.24) is 0 Å². The Labute approximate surface area is 164 Å². The molecule has 2 aromatic carbocycles. The number of thioether (sulfide) groups is 1. The fourth-order valence-electron chi connectivity index (χ4n) is 2.60. The lowest BCUT2D eigenvalue weighted by atomic mass is 10.1. The summed E-state index contributed by atoms with van der Waals surface area (Å²) < 4.78 is 35.0. The maximum absolute atomic E-state index is 12.3. The Kier molecular flexibility index (Phi) is 6.30. The number of amides is 1. The molecular formula is C20H17F2NO4S. The number of hydrogen-bond donors (Lipinski definition) is 1. The minimum Gasteiger partial charge on any atom is -0.464 e. The Morgan fingerprint density at radius 2 is 1.93 bits per heavy atom. The molecule has 0 aliphatic heterocycles. The molecule has 3 aromatic rings. The molecule has 0 atom stereocenters. The fraction of sp³-hybridized carbons (Fsp3) is 0.200. The molecule has 1 N–H and O–H groups in total. The van der Waals surface area contributed by atoms with E-state index in [0.29, 0.717) is 33.5 Å². The van der Waals surface area contributed by atoms with E-state index in [0.717, 1.165) is 10.9 Å². The van der Waals surface area contributed by atoms with Gasteiger partial charge in [-0.25, -0.2) is 0 Å². The highest BCUT2D eigenvalue weighted by Gasteiger charge is 2.13. The van der Waals surface area contributed by atoms with Crippen LogP contribution in [0.3, 0.4) is 0 Å². The molecule has 8 heteroatoms. The van der Waals surface area contributed by atoms with Crippen LogP contribution in [0.5, 0.6) is 0 Å². The molecule has 0 fully saturated rings. The number of rotatable bonds is 7. The van der Waals surface area contributed by atoms with Gasteiger partial charge in [-0.1, -0.05) is 23.9 Å². The fourth-order valence-corrected chi connectivity index (χ4v) is 3.10. The smallest absolute Gasteiger partial charge is 0.310 e. The molecule has 28 heavy (non-hydrogen) atoms. The molecule has 1 amide bonds. The topological polar surface area (TPSA) is 68.5 Å². The number of anilines is 1. The van der Waals surface area contributed by atoms with Crippen molar-refractivity contribution in [2.24, 2.45) is 0 Å². The van der Waals surface area contributed by atoms with Gasteiger partial charge in [0.2, 0.25) is 0 Å². The third kappa shape index (κ3) is 5.32. The van der Waals surface area contributed by atoms with Crippen molar-refractivity contribution in [1.29, 1.82) is 0 Å². The van der Waals surface area contributed by atoms with Crippen LogP contribution >= 0.6 is 11.8 Å². The summed E-state index contributed by atoms with van der Waals surface area (Å²) in [5.74, 6) is -3.58. The summed E-state index contributed by atoms with van der Waals surface area (Å²) in [4.78, 5) is 24.3. The number of benzene rings is 2. The lowest BCUT2D eigenvalue weighted by Crippen LogP contribution is -2.21. The van der Waals surface area contributed by atoms with Gasteiger partial charge in [-0.3, -0.25) is 9.59 Å². The molecule has 0 saturated carbocycles. The Bertz CT molecular complexity index is 986. The first-order valence-corrected chi connectivity index (χ1v) is 9.26. The molecular weight excluding hydrogens is 388 g/mol. The standard InChI is InChI=1S/C20H17F2NO4S/c1-12-2-7-16-13(10-26-17(16)8-12)9-19(25)27-11-18(24)23-14-3-5-15(6-4-14)28-20(21)22/h2-8,10,20H,9,11H2,1H3,(H,23,24). The average molecular weight is 405 g/mol. The van der Waals surface area contributed by atoms with Crippen molar-refractivity contribution in [3.05, 3.63) is 59.9 Å². The highest BCUT2D eigenvalue weighted by molar-refractivity contribution is 7.99. The summed E-state index contributed by atoms with van der Waals surface area (Å²) in [6.45, 7) is 1.50. The summed E-state index contributed by atoms with van der Waals surface area (Å²) in [6.07, 6.45) is 1.49. The van der Waals surface area contributed by atoms with Gasteiger partial charge in [0.05, 0.1) is 12.7 Å². The van der Waals surface area contributed by atoms with E-state index in [9.17, 15) is 18.4 Å². The highest BCUT2D eigenvalue weighted by Crippen LogP contribution is 2.26. The van der Waals surface area contributed by atoms with Gasteiger partial charge < -0.3 is 14.5 Å². The molecule has 0 bridgehead atoms. The predicted molar refractivity (Wildman–Crippen MR) is 103 cm³/mol. The predicted octanol–water partition coefficient (Wildman–Crippen LogP) is 4.78. The quantitative estimate of drug-likeness (QED) is 0.453. The molecule has 3 rings (SSSR count). The van der Waals surface area contributed by atoms with Crippen LogP contribution in [-0.4, -0.2) is 24.2 Å². The van der Waals surface area contributed by atoms with E-state index in [2.05, 4.69) is 5.32 Å². The number of furan rings is 1. The van der Waals surface area contributed by atoms with Crippen molar-refractivity contribution < 1.29 is 27.5 Å². The summed E-state index contributed by atoms with van der Waals surface area (Å²) in [5, 5.41) is 3.37. The minimum absolute atomic E-state index is 0.0110. The second-order valence-corrected chi connectivity index (χ2v) is 7.11. The van der Waals surface area contributed by atoms with E-state index in [-0.39, 0.29) is 6.42 Å². The summed E-state index contributed by atoms with van der Waals surface area (Å²) in [5.41, 5.74) is 2.85. The van der Waals surface area contributed by atoms with E-state index in [1.165, 1.54) is 30.5 Å². The molecule has 0 aliphatic rings. The zero-order valence-electron chi connectivity index (χ0n) is 14.9.